The first kappa shape index (κ1) is 19.9. The van der Waals surface area contributed by atoms with Crippen LogP contribution in [0.25, 0.3) is 22.8 Å². The number of aromatic nitrogens is 1. The number of allylic oxidation sites excluding steroid dienone is 1. The molecule has 3 nitrogen and oxygen atoms in total. The van der Waals surface area contributed by atoms with Crippen molar-refractivity contribution in [3.63, 3.8) is 0 Å². The van der Waals surface area contributed by atoms with Crippen LogP contribution in [0.5, 0.6) is 5.88 Å². The van der Waals surface area contributed by atoms with E-state index >= 15 is 0 Å². The molecular weight excluding hydrogens is 492 g/mol. The number of ether oxygens (including phenoxy) is 1. The molecule has 2 aromatic carbocycles. The van der Waals surface area contributed by atoms with Gasteiger partial charge in [0.1, 0.15) is 11.6 Å². The fraction of sp³-hybridized carbons (Fsp3) is 0.167. The lowest BCUT2D eigenvalue weighted by Gasteiger charge is -2.15. The monoisotopic (exact) mass is 508 g/mol. The third kappa shape index (κ3) is 4.01. The Bertz CT molecular complexity index is 1160. The zero-order valence-corrected chi connectivity index (χ0v) is 19.0. The van der Waals surface area contributed by atoms with Crippen LogP contribution in [0.3, 0.4) is 0 Å². The summed E-state index contributed by atoms with van der Waals surface area (Å²) >= 11 is 7.09. The number of halogens is 2. The Kier molecular flexibility index (Phi) is 5.84. The molecule has 4 rings (SSSR count). The summed E-state index contributed by atoms with van der Waals surface area (Å²) < 4.78 is 7.80. The van der Waals surface area contributed by atoms with Crippen molar-refractivity contribution in [1.82, 2.24) is 4.98 Å². The van der Waals surface area contributed by atoms with Gasteiger partial charge >= 0.3 is 0 Å². The van der Waals surface area contributed by atoms with E-state index < -0.39 is 0 Å². The van der Waals surface area contributed by atoms with Gasteiger partial charge in [-0.15, -0.1) is 0 Å². The molecule has 0 bridgehead atoms. The number of rotatable bonds is 4. The Morgan fingerprint density at radius 1 is 1.10 bits per heavy atom. The summed E-state index contributed by atoms with van der Waals surface area (Å²) in [7, 11) is 0. The summed E-state index contributed by atoms with van der Waals surface area (Å²) in [5, 5.41) is 9.92. The van der Waals surface area contributed by atoms with Crippen molar-refractivity contribution in [1.29, 1.82) is 5.26 Å². The third-order valence-electron chi connectivity index (χ3n) is 4.91. The summed E-state index contributed by atoms with van der Waals surface area (Å²) in [6.07, 6.45) is 3.91. The van der Waals surface area contributed by atoms with E-state index in [4.69, 9.17) is 9.72 Å². The number of hydrogen-bond donors (Lipinski definition) is 0. The average Bonchev–Trinajstić information content (AvgIpc) is 3.09. The minimum atomic E-state index is 0.408. The first-order valence-electron chi connectivity index (χ1n) is 9.43. The molecule has 144 valence electrons. The molecule has 5 heteroatoms. The molecule has 1 aromatic heterocycles. The molecule has 29 heavy (non-hydrogen) atoms. The molecular formula is C24H18Br2N2O. The van der Waals surface area contributed by atoms with Crippen LogP contribution < -0.4 is 4.74 Å². The molecule has 0 aliphatic heterocycles. The van der Waals surface area contributed by atoms with Crippen LogP contribution in [0.4, 0.5) is 0 Å². The smallest absolute Gasteiger partial charge is 0.232 e. The fourth-order valence-electron chi connectivity index (χ4n) is 3.73. The summed E-state index contributed by atoms with van der Waals surface area (Å²) in [5.41, 5.74) is 6.77. The zero-order chi connectivity index (χ0) is 20.4. The summed E-state index contributed by atoms with van der Waals surface area (Å²) in [6.45, 7) is 2.37. The van der Waals surface area contributed by atoms with Crippen molar-refractivity contribution in [3.8, 4) is 23.1 Å². The maximum atomic E-state index is 9.92. The molecule has 0 saturated carbocycles. The van der Waals surface area contributed by atoms with Crippen molar-refractivity contribution in [2.24, 2.45) is 0 Å². The number of fused-ring (bicyclic) bond motifs is 1. The molecule has 0 amide bonds. The molecule has 0 spiro atoms. The molecule has 0 saturated heterocycles. The minimum absolute atomic E-state index is 0.408. The van der Waals surface area contributed by atoms with E-state index in [-0.39, 0.29) is 0 Å². The van der Waals surface area contributed by atoms with Gasteiger partial charge in [0, 0.05) is 14.5 Å². The van der Waals surface area contributed by atoms with E-state index in [1.807, 2.05) is 43.3 Å². The van der Waals surface area contributed by atoms with Gasteiger partial charge in [-0.2, -0.15) is 5.26 Å². The van der Waals surface area contributed by atoms with Gasteiger partial charge in [0.15, 0.2) is 0 Å². The second-order valence-electron chi connectivity index (χ2n) is 6.77. The zero-order valence-electron chi connectivity index (χ0n) is 15.9. The van der Waals surface area contributed by atoms with E-state index in [0.29, 0.717) is 18.1 Å². The summed E-state index contributed by atoms with van der Waals surface area (Å²) in [5.74, 6) is 0.408. The highest BCUT2D eigenvalue weighted by Gasteiger charge is 2.27. The molecule has 3 aromatic rings. The molecule has 0 unspecified atom stereocenters. The Labute approximate surface area is 187 Å². The van der Waals surface area contributed by atoms with Crippen LogP contribution in [-0.4, -0.2) is 11.6 Å². The van der Waals surface area contributed by atoms with Crippen molar-refractivity contribution in [2.45, 2.75) is 19.8 Å². The van der Waals surface area contributed by atoms with Crippen molar-refractivity contribution >= 4 is 43.5 Å². The lowest BCUT2D eigenvalue weighted by molar-refractivity contribution is 0.325. The van der Waals surface area contributed by atoms with Gasteiger partial charge in [-0.3, -0.25) is 0 Å². The quantitative estimate of drug-likeness (QED) is 0.379. The number of pyridine rings is 1. The van der Waals surface area contributed by atoms with Gasteiger partial charge in [-0.25, -0.2) is 4.98 Å². The summed E-state index contributed by atoms with van der Waals surface area (Å²) in [4.78, 5) is 4.79. The lowest BCUT2D eigenvalue weighted by atomic mass is 9.95. The molecule has 0 radical (unpaired) electrons. The normalized spacial score (nSPS) is 13.9. The molecule has 1 aliphatic carbocycles. The van der Waals surface area contributed by atoms with Crippen molar-refractivity contribution in [3.05, 3.63) is 79.9 Å². The van der Waals surface area contributed by atoms with Crippen LogP contribution >= 0.6 is 31.9 Å². The maximum absolute atomic E-state index is 9.92. The molecule has 0 atom stereocenters. The highest BCUT2D eigenvalue weighted by atomic mass is 79.9. The Balaban J connectivity index is 1.95. The highest BCUT2D eigenvalue weighted by molar-refractivity contribution is 9.10. The van der Waals surface area contributed by atoms with E-state index in [9.17, 15) is 5.26 Å². The fourth-order valence-corrected chi connectivity index (χ4v) is 4.55. The number of hydrogen-bond acceptors (Lipinski definition) is 3. The van der Waals surface area contributed by atoms with Gasteiger partial charge in [0.25, 0.3) is 0 Å². The highest BCUT2D eigenvalue weighted by Crippen LogP contribution is 2.43. The summed E-state index contributed by atoms with van der Waals surface area (Å²) in [6, 6.07) is 18.6. The van der Waals surface area contributed by atoms with Crippen LogP contribution in [0.1, 0.15) is 35.7 Å². The molecule has 0 N–H and O–H groups in total. The Morgan fingerprint density at radius 3 is 2.55 bits per heavy atom. The van der Waals surface area contributed by atoms with E-state index in [1.165, 1.54) is 5.57 Å². The van der Waals surface area contributed by atoms with Gasteiger partial charge < -0.3 is 4.74 Å². The Morgan fingerprint density at radius 2 is 1.86 bits per heavy atom. The predicted molar refractivity (Wildman–Crippen MR) is 124 cm³/mol. The first-order chi connectivity index (χ1) is 14.1. The standard InChI is InChI=1S/C24H18Br2N2O/c1-2-29-24-21(14-27)22(16-6-4-8-19(26)13-16)20-10-9-17(23(20)28-24)11-15-5-3-7-18(25)12-15/h3-8,11-13H,2,9-10H2,1H3/b17-11+. The van der Waals surface area contributed by atoms with E-state index in [2.05, 4.69) is 56.1 Å². The number of nitriles is 1. The van der Waals surface area contributed by atoms with Gasteiger partial charge in [-0.1, -0.05) is 56.1 Å². The molecule has 0 fully saturated rings. The average molecular weight is 510 g/mol. The molecule has 1 aliphatic rings. The maximum Gasteiger partial charge on any atom is 0.232 e. The van der Waals surface area contributed by atoms with Crippen molar-refractivity contribution in [2.75, 3.05) is 6.61 Å². The van der Waals surface area contributed by atoms with E-state index in [1.54, 1.807) is 0 Å². The van der Waals surface area contributed by atoms with Crippen molar-refractivity contribution < 1.29 is 4.74 Å². The predicted octanol–water partition coefficient (Wildman–Crippen LogP) is 7.03. The SMILES string of the molecule is CCOc1nc2c(c(-c3cccc(Br)c3)c1C#N)CC/C2=C\c1cccc(Br)c1. The minimum Gasteiger partial charge on any atom is -0.477 e. The second kappa shape index (κ2) is 8.52. The van der Waals surface area contributed by atoms with Gasteiger partial charge in [0.2, 0.25) is 5.88 Å². The molecule has 1 heterocycles. The van der Waals surface area contributed by atoms with Crippen LogP contribution in [0, 0.1) is 11.3 Å². The lowest BCUT2D eigenvalue weighted by Crippen LogP contribution is -2.04. The second-order valence-corrected chi connectivity index (χ2v) is 8.61. The topological polar surface area (TPSA) is 45.9 Å². The van der Waals surface area contributed by atoms with Gasteiger partial charge in [0.05, 0.1) is 12.3 Å². The van der Waals surface area contributed by atoms with Crippen LogP contribution in [0.2, 0.25) is 0 Å². The van der Waals surface area contributed by atoms with E-state index in [0.717, 1.165) is 49.7 Å². The van der Waals surface area contributed by atoms with Crippen LogP contribution in [0.15, 0.2) is 57.5 Å². The third-order valence-corrected chi connectivity index (χ3v) is 5.90. The Hall–Kier alpha value is -2.42. The largest absolute Gasteiger partial charge is 0.477 e. The number of nitrogens with zero attached hydrogens (tertiary/aromatic N) is 2. The van der Waals surface area contributed by atoms with Crippen LogP contribution in [-0.2, 0) is 6.42 Å². The first-order valence-corrected chi connectivity index (χ1v) is 11.0. The number of benzene rings is 2. The van der Waals surface area contributed by atoms with Gasteiger partial charge in [-0.05, 0) is 72.4 Å².